The minimum Gasteiger partial charge on any atom is -0.384 e. The molecule has 0 spiro atoms. The molecule has 0 saturated heterocycles. The third kappa shape index (κ3) is 5.66. The van der Waals surface area contributed by atoms with Crippen molar-refractivity contribution < 1.29 is 22.7 Å². The predicted molar refractivity (Wildman–Crippen MR) is 73.3 cm³/mol. The molecule has 7 heteroatoms. The topological polar surface area (TPSA) is 83.5 Å². The van der Waals surface area contributed by atoms with Crippen molar-refractivity contribution in [2.45, 2.75) is 18.9 Å². The molecule has 0 aliphatic carbocycles. The van der Waals surface area contributed by atoms with Crippen molar-refractivity contribution in [3.63, 3.8) is 0 Å². The first-order valence-corrected chi connectivity index (χ1v) is 8.09. The number of carbonyl (C=O) groups excluding carboxylic acids is 1. The zero-order valence-corrected chi connectivity index (χ0v) is 12.2. The SMILES string of the molecule is CC(O)(CNC(=O)CCS(C)(=O)=O)c1ccc(F)cc1. The highest BCUT2D eigenvalue weighted by molar-refractivity contribution is 7.90. The fraction of sp³-hybridized carbons (Fsp3) is 0.462. The number of amides is 1. The number of hydrogen-bond acceptors (Lipinski definition) is 4. The number of aliphatic hydroxyl groups is 1. The lowest BCUT2D eigenvalue weighted by Crippen LogP contribution is -2.39. The molecular weight excluding hydrogens is 285 g/mol. The molecule has 0 fully saturated rings. The normalized spacial score (nSPS) is 14.6. The molecule has 20 heavy (non-hydrogen) atoms. The first kappa shape index (κ1) is 16.6. The van der Waals surface area contributed by atoms with Crippen LogP contribution in [-0.4, -0.2) is 38.0 Å². The van der Waals surface area contributed by atoms with E-state index < -0.39 is 27.2 Å². The van der Waals surface area contributed by atoms with Gasteiger partial charge in [0.15, 0.2) is 0 Å². The Morgan fingerprint density at radius 1 is 1.35 bits per heavy atom. The maximum absolute atomic E-state index is 12.8. The monoisotopic (exact) mass is 303 g/mol. The van der Waals surface area contributed by atoms with Gasteiger partial charge in [-0.1, -0.05) is 12.1 Å². The van der Waals surface area contributed by atoms with E-state index in [1.807, 2.05) is 0 Å². The van der Waals surface area contributed by atoms with Gasteiger partial charge in [0.1, 0.15) is 21.3 Å². The van der Waals surface area contributed by atoms with E-state index in [-0.39, 0.29) is 18.7 Å². The highest BCUT2D eigenvalue weighted by atomic mass is 32.2. The Hall–Kier alpha value is -1.47. The van der Waals surface area contributed by atoms with E-state index in [9.17, 15) is 22.7 Å². The van der Waals surface area contributed by atoms with E-state index in [1.54, 1.807) is 0 Å². The van der Waals surface area contributed by atoms with Gasteiger partial charge in [-0.25, -0.2) is 12.8 Å². The van der Waals surface area contributed by atoms with E-state index in [1.165, 1.54) is 31.2 Å². The Kier molecular flexibility index (Phi) is 5.24. The molecule has 0 radical (unpaired) electrons. The van der Waals surface area contributed by atoms with Crippen molar-refractivity contribution in [3.05, 3.63) is 35.6 Å². The number of sulfone groups is 1. The van der Waals surface area contributed by atoms with Crippen LogP contribution in [0.1, 0.15) is 18.9 Å². The zero-order chi connectivity index (χ0) is 15.4. The van der Waals surface area contributed by atoms with Gasteiger partial charge in [-0.3, -0.25) is 4.79 Å². The number of nitrogens with one attached hydrogen (secondary N) is 1. The Morgan fingerprint density at radius 3 is 2.40 bits per heavy atom. The third-order valence-electron chi connectivity index (χ3n) is 2.80. The summed E-state index contributed by atoms with van der Waals surface area (Å²) in [6.45, 7) is 1.40. The second kappa shape index (κ2) is 6.32. The third-order valence-corrected chi connectivity index (χ3v) is 3.74. The smallest absolute Gasteiger partial charge is 0.221 e. The molecule has 5 nitrogen and oxygen atoms in total. The van der Waals surface area contributed by atoms with Gasteiger partial charge >= 0.3 is 0 Å². The molecule has 0 aliphatic rings. The predicted octanol–water partition coefficient (Wildman–Crippen LogP) is 0.584. The van der Waals surface area contributed by atoms with Crippen molar-refractivity contribution in [2.75, 3.05) is 18.6 Å². The average molecular weight is 303 g/mol. The van der Waals surface area contributed by atoms with Gasteiger partial charge in [-0.05, 0) is 24.6 Å². The van der Waals surface area contributed by atoms with Crippen LogP contribution >= 0.6 is 0 Å². The molecular formula is C13H18FNO4S. The highest BCUT2D eigenvalue weighted by Crippen LogP contribution is 2.19. The summed E-state index contributed by atoms with van der Waals surface area (Å²) in [5, 5.41) is 12.7. The van der Waals surface area contributed by atoms with Crippen LogP contribution in [0.5, 0.6) is 0 Å². The summed E-state index contributed by atoms with van der Waals surface area (Å²) in [6, 6.07) is 5.29. The van der Waals surface area contributed by atoms with Crippen LogP contribution in [0.15, 0.2) is 24.3 Å². The van der Waals surface area contributed by atoms with Crippen molar-refractivity contribution in [2.24, 2.45) is 0 Å². The van der Waals surface area contributed by atoms with Crippen molar-refractivity contribution in [3.8, 4) is 0 Å². The van der Waals surface area contributed by atoms with Crippen molar-refractivity contribution in [1.29, 1.82) is 0 Å². The van der Waals surface area contributed by atoms with E-state index in [4.69, 9.17) is 0 Å². The molecule has 0 saturated carbocycles. The van der Waals surface area contributed by atoms with Crippen LogP contribution < -0.4 is 5.32 Å². The fourth-order valence-corrected chi connectivity index (χ4v) is 2.10. The average Bonchev–Trinajstić information content (AvgIpc) is 2.34. The van der Waals surface area contributed by atoms with Gasteiger partial charge in [0.05, 0.1) is 12.3 Å². The Labute approximate surface area is 117 Å². The standard InChI is InChI=1S/C13H18FNO4S/c1-13(17,10-3-5-11(14)6-4-10)9-15-12(16)7-8-20(2,18)19/h3-6,17H,7-9H2,1-2H3,(H,15,16). The summed E-state index contributed by atoms with van der Waals surface area (Å²) in [4.78, 5) is 11.5. The molecule has 0 aliphatic heterocycles. The highest BCUT2D eigenvalue weighted by Gasteiger charge is 2.23. The van der Waals surface area contributed by atoms with Crippen LogP contribution in [0.3, 0.4) is 0 Å². The van der Waals surface area contributed by atoms with Gasteiger partial charge in [-0.15, -0.1) is 0 Å². The first-order chi connectivity index (χ1) is 9.10. The maximum Gasteiger partial charge on any atom is 0.221 e. The summed E-state index contributed by atoms with van der Waals surface area (Å²) < 4.78 is 34.6. The number of carbonyl (C=O) groups is 1. The van der Waals surface area contributed by atoms with Gasteiger partial charge in [0.25, 0.3) is 0 Å². The molecule has 1 atom stereocenters. The van der Waals surface area contributed by atoms with Crippen molar-refractivity contribution in [1.82, 2.24) is 5.32 Å². The largest absolute Gasteiger partial charge is 0.384 e. The van der Waals surface area contributed by atoms with Gasteiger partial charge in [0, 0.05) is 12.7 Å². The second-order valence-corrected chi connectivity index (χ2v) is 7.20. The number of halogens is 1. The lowest BCUT2D eigenvalue weighted by Gasteiger charge is -2.24. The van der Waals surface area contributed by atoms with Crippen LogP contribution in [-0.2, 0) is 20.2 Å². The van der Waals surface area contributed by atoms with Crippen LogP contribution in [0.25, 0.3) is 0 Å². The van der Waals surface area contributed by atoms with Crippen LogP contribution in [0, 0.1) is 5.82 Å². The van der Waals surface area contributed by atoms with Gasteiger partial charge in [-0.2, -0.15) is 0 Å². The first-order valence-electron chi connectivity index (χ1n) is 6.03. The molecule has 1 aromatic rings. The maximum atomic E-state index is 12.8. The zero-order valence-electron chi connectivity index (χ0n) is 11.4. The molecule has 0 bridgehead atoms. The summed E-state index contributed by atoms with van der Waals surface area (Å²) in [6.07, 6.45) is 0.896. The van der Waals surface area contributed by atoms with E-state index in [0.717, 1.165) is 6.26 Å². The molecule has 1 aromatic carbocycles. The molecule has 112 valence electrons. The van der Waals surface area contributed by atoms with Crippen LogP contribution in [0.4, 0.5) is 4.39 Å². The number of hydrogen-bond donors (Lipinski definition) is 2. The molecule has 2 N–H and O–H groups in total. The van der Waals surface area contributed by atoms with Gasteiger partial charge < -0.3 is 10.4 Å². The quantitative estimate of drug-likeness (QED) is 0.805. The Bertz CT molecular complexity index is 567. The van der Waals surface area contributed by atoms with E-state index in [2.05, 4.69) is 5.32 Å². The number of rotatable bonds is 6. The van der Waals surface area contributed by atoms with Gasteiger partial charge in [0.2, 0.25) is 5.91 Å². The Balaban J connectivity index is 2.55. The second-order valence-electron chi connectivity index (χ2n) is 4.94. The molecule has 1 amide bonds. The summed E-state index contributed by atoms with van der Waals surface area (Å²) in [5.41, 5.74) is -0.892. The van der Waals surface area contributed by atoms with Crippen LogP contribution in [0.2, 0.25) is 0 Å². The fourth-order valence-electron chi connectivity index (χ4n) is 1.55. The molecule has 1 rings (SSSR count). The van der Waals surface area contributed by atoms with E-state index in [0.29, 0.717) is 5.56 Å². The summed E-state index contributed by atoms with van der Waals surface area (Å²) in [5.74, 6) is -1.11. The van der Waals surface area contributed by atoms with E-state index >= 15 is 0 Å². The molecule has 1 unspecified atom stereocenters. The van der Waals surface area contributed by atoms with Crippen molar-refractivity contribution >= 4 is 15.7 Å². The Morgan fingerprint density at radius 2 is 1.90 bits per heavy atom. The molecule has 0 aromatic heterocycles. The lowest BCUT2D eigenvalue weighted by atomic mass is 9.96. The summed E-state index contributed by atoms with van der Waals surface area (Å²) >= 11 is 0. The summed E-state index contributed by atoms with van der Waals surface area (Å²) in [7, 11) is -3.19. The number of benzene rings is 1. The minimum absolute atomic E-state index is 0.0821. The lowest BCUT2D eigenvalue weighted by molar-refractivity contribution is -0.121. The minimum atomic E-state index is -3.19. The molecule has 0 heterocycles.